The Morgan fingerprint density at radius 3 is 2.48 bits per heavy atom. The summed E-state index contributed by atoms with van der Waals surface area (Å²) in [5, 5.41) is 3.01. The van der Waals surface area contributed by atoms with Crippen molar-refractivity contribution in [2.24, 2.45) is 0 Å². The van der Waals surface area contributed by atoms with E-state index in [0.717, 1.165) is 29.8 Å². The van der Waals surface area contributed by atoms with Crippen LogP contribution in [0.15, 0.2) is 73.1 Å². The van der Waals surface area contributed by atoms with Gasteiger partial charge in [-0.05, 0) is 61.1 Å². The number of hydrogen-bond donors (Lipinski definition) is 1. The maximum Gasteiger partial charge on any atom is 0.293 e. The average molecular weight is 388 g/mol. The minimum absolute atomic E-state index is 0.0243. The number of aryl methyl sites for hydroxylation is 2. The second kappa shape index (κ2) is 8.91. The van der Waals surface area contributed by atoms with E-state index in [1.807, 2.05) is 72.3 Å². The summed E-state index contributed by atoms with van der Waals surface area (Å²) in [5.41, 5.74) is 4.69. The molecule has 0 saturated carbocycles. The molecule has 0 unspecified atom stereocenters. The minimum atomic E-state index is -0.267. The number of nitrogens with one attached hydrogen (secondary N) is 1. The van der Waals surface area contributed by atoms with Crippen molar-refractivity contribution in [3.63, 3.8) is 0 Å². The van der Waals surface area contributed by atoms with Crippen molar-refractivity contribution in [2.45, 2.75) is 45.3 Å². The third kappa shape index (κ3) is 4.83. The van der Waals surface area contributed by atoms with E-state index < -0.39 is 0 Å². The number of ether oxygens (including phenoxy) is 1. The number of pyridine rings is 1. The predicted octanol–water partition coefficient (Wildman–Crippen LogP) is 4.63. The van der Waals surface area contributed by atoms with Crippen LogP contribution in [0, 0.1) is 0 Å². The molecule has 29 heavy (non-hydrogen) atoms. The Morgan fingerprint density at radius 1 is 1.00 bits per heavy atom. The number of hydrogen-bond acceptors (Lipinski definition) is 2. The smallest absolute Gasteiger partial charge is 0.293 e. The second-order valence-corrected chi connectivity index (χ2v) is 7.61. The number of carbonyl (C=O) groups excluding carboxylic acids is 1. The van der Waals surface area contributed by atoms with E-state index in [1.54, 1.807) is 0 Å². The first-order valence-corrected chi connectivity index (χ1v) is 10.3. The van der Waals surface area contributed by atoms with Gasteiger partial charge in [0.1, 0.15) is 12.4 Å². The molecule has 0 aliphatic heterocycles. The molecule has 4 heteroatoms. The van der Waals surface area contributed by atoms with E-state index in [2.05, 4.69) is 17.6 Å². The lowest BCUT2D eigenvalue weighted by Gasteiger charge is -2.15. The SMILES string of the molecule is C[C@H](C(=O)Nc1ccc(OCc2ccccc2)cc1)[n+]1ccc2c(c1)CCCC2. The normalized spacial score (nSPS) is 14.0. The minimum Gasteiger partial charge on any atom is -0.489 e. The van der Waals surface area contributed by atoms with Gasteiger partial charge < -0.3 is 10.1 Å². The van der Waals surface area contributed by atoms with Crippen molar-refractivity contribution < 1.29 is 14.1 Å². The van der Waals surface area contributed by atoms with E-state index >= 15 is 0 Å². The highest BCUT2D eigenvalue weighted by Crippen LogP contribution is 2.20. The third-order valence-corrected chi connectivity index (χ3v) is 5.50. The van der Waals surface area contributed by atoms with Gasteiger partial charge in [-0.25, -0.2) is 0 Å². The van der Waals surface area contributed by atoms with E-state index in [1.165, 1.54) is 24.0 Å². The standard InChI is InChI=1S/C25H26N2O2/c1-19(27-16-15-21-9-5-6-10-22(21)17-27)25(28)26-23-11-13-24(14-12-23)29-18-20-7-3-2-4-8-20/h2-4,7-8,11-17,19H,5-6,9-10,18H2,1H3/p+1/t19-/m1/s1. The molecule has 2 aromatic carbocycles. The van der Waals surface area contributed by atoms with Crippen molar-refractivity contribution >= 4 is 11.6 Å². The number of aromatic nitrogens is 1. The number of benzene rings is 2. The number of nitrogens with zero attached hydrogens (tertiary/aromatic N) is 1. The first kappa shape index (κ1) is 19.2. The molecule has 3 aromatic rings. The van der Waals surface area contributed by atoms with E-state index in [4.69, 9.17) is 4.74 Å². The summed E-state index contributed by atoms with van der Waals surface area (Å²) in [6.07, 6.45) is 8.91. The molecule has 4 nitrogen and oxygen atoms in total. The number of amides is 1. The zero-order chi connectivity index (χ0) is 20.1. The lowest BCUT2D eigenvalue weighted by atomic mass is 9.93. The molecule has 1 atom stereocenters. The Morgan fingerprint density at radius 2 is 1.72 bits per heavy atom. The molecular formula is C25H27N2O2+. The summed E-state index contributed by atoms with van der Waals surface area (Å²) in [6.45, 7) is 2.46. The number of carbonyl (C=O) groups is 1. The maximum atomic E-state index is 12.7. The molecule has 1 aromatic heterocycles. The van der Waals surface area contributed by atoms with Crippen molar-refractivity contribution in [3.05, 3.63) is 89.7 Å². The molecule has 0 bridgehead atoms. The third-order valence-electron chi connectivity index (χ3n) is 5.50. The monoisotopic (exact) mass is 387 g/mol. The van der Waals surface area contributed by atoms with Crippen LogP contribution >= 0.6 is 0 Å². The molecule has 0 saturated heterocycles. The van der Waals surface area contributed by atoms with Crippen LogP contribution < -0.4 is 14.6 Å². The summed E-state index contributed by atoms with van der Waals surface area (Å²) in [5.74, 6) is 0.757. The number of anilines is 1. The number of fused-ring (bicyclic) bond motifs is 1. The van der Waals surface area contributed by atoms with Crippen molar-refractivity contribution in [3.8, 4) is 5.75 Å². The molecule has 1 N–H and O–H groups in total. The van der Waals surface area contributed by atoms with Crippen LogP contribution in [0.1, 0.15) is 42.5 Å². The highest BCUT2D eigenvalue weighted by atomic mass is 16.5. The highest BCUT2D eigenvalue weighted by Gasteiger charge is 2.24. The average Bonchev–Trinajstić information content (AvgIpc) is 2.78. The van der Waals surface area contributed by atoms with Gasteiger partial charge in [0.15, 0.2) is 12.4 Å². The Bertz CT molecular complexity index is 968. The van der Waals surface area contributed by atoms with Gasteiger partial charge in [-0.1, -0.05) is 30.3 Å². The molecule has 4 rings (SSSR count). The zero-order valence-corrected chi connectivity index (χ0v) is 16.8. The maximum absolute atomic E-state index is 12.7. The lowest BCUT2D eigenvalue weighted by Crippen LogP contribution is -2.44. The van der Waals surface area contributed by atoms with Gasteiger partial charge in [-0.15, -0.1) is 0 Å². The molecule has 1 aliphatic carbocycles. The second-order valence-electron chi connectivity index (χ2n) is 7.61. The summed E-state index contributed by atoms with van der Waals surface area (Å²) in [4.78, 5) is 12.7. The Hall–Kier alpha value is -3.14. The molecular weight excluding hydrogens is 360 g/mol. The fourth-order valence-electron chi connectivity index (χ4n) is 3.69. The van der Waals surface area contributed by atoms with Crippen LogP contribution in [0.2, 0.25) is 0 Å². The quantitative estimate of drug-likeness (QED) is 0.627. The summed E-state index contributed by atoms with van der Waals surface area (Å²) < 4.78 is 7.82. The Balaban J connectivity index is 1.35. The zero-order valence-electron chi connectivity index (χ0n) is 16.8. The Kier molecular flexibility index (Phi) is 5.89. The van der Waals surface area contributed by atoms with Gasteiger partial charge in [0.25, 0.3) is 5.91 Å². The number of rotatable bonds is 6. The first-order valence-electron chi connectivity index (χ1n) is 10.3. The van der Waals surface area contributed by atoms with E-state index in [0.29, 0.717) is 6.61 Å². The molecule has 1 amide bonds. The molecule has 1 aliphatic rings. The fourth-order valence-corrected chi connectivity index (χ4v) is 3.69. The van der Waals surface area contributed by atoms with Crippen LogP contribution in [-0.2, 0) is 24.2 Å². The molecule has 148 valence electrons. The van der Waals surface area contributed by atoms with Crippen molar-refractivity contribution in [2.75, 3.05) is 5.32 Å². The predicted molar refractivity (Wildman–Crippen MR) is 114 cm³/mol. The van der Waals surface area contributed by atoms with Gasteiger partial charge >= 0.3 is 0 Å². The van der Waals surface area contributed by atoms with Crippen LogP contribution in [-0.4, -0.2) is 5.91 Å². The summed E-state index contributed by atoms with van der Waals surface area (Å²) >= 11 is 0. The van der Waals surface area contributed by atoms with E-state index in [-0.39, 0.29) is 11.9 Å². The molecule has 0 spiro atoms. The van der Waals surface area contributed by atoms with Crippen LogP contribution in [0.3, 0.4) is 0 Å². The van der Waals surface area contributed by atoms with Gasteiger partial charge in [-0.2, -0.15) is 4.57 Å². The molecule has 0 radical (unpaired) electrons. The summed E-state index contributed by atoms with van der Waals surface area (Å²) in [7, 11) is 0. The molecule has 1 heterocycles. The summed E-state index contributed by atoms with van der Waals surface area (Å²) in [6, 6.07) is 19.5. The lowest BCUT2D eigenvalue weighted by molar-refractivity contribution is -0.706. The highest BCUT2D eigenvalue weighted by molar-refractivity contribution is 5.92. The van der Waals surface area contributed by atoms with Gasteiger partial charge in [0.2, 0.25) is 6.04 Å². The topological polar surface area (TPSA) is 42.2 Å². The Labute approximate surface area is 172 Å². The van der Waals surface area contributed by atoms with Crippen molar-refractivity contribution in [1.82, 2.24) is 0 Å². The van der Waals surface area contributed by atoms with Gasteiger partial charge in [0, 0.05) is 24.2 Å². The van der Waals surface area contributed by atoms with Crippen molar-refractivity contribution in [1.29, 1.82) is 0 Å². The van der Waals surface area contributed by atoms with Gasteiger partial charge in [0.05, 0.1) is 0 Å². The molecule has 0 fully saturated rings. The van der Waals surface area contributed by atoms with Crippen LogP contribution in [0.5, 0.6) is 5.75 Å². The first-order chi connectivity index (χ1) is 14.2. The largest absolute Gasteiger partial charge is 0.489 e. The fraction of sp³-hybridized carbons (Fsp3) is 0.280. The van der Waals surface area contributed by atoms with Crippen LogP contribution in [0.4, 0.5) is 5.69 Å². The van der Waals surface area contributed by atoms with Gasteiger partial charge in [-0.3, -0.25) is 4.79 Å². The van der Waals surface area contributed by atoms with E-state index in [9.17, 15) is 4.79 Å². The van der Waals surface area contributed by atoms with Crippen LogP contribution in [0.25, 0.3) is 0 Å².